The normalized spacial score (nSPS) is 13.3. The van der Waals surface area contributed by atoms with E-state index in [1.54, 1.807) is 0 Å². The van der Waals surface area contributed by atoms with Gasteiger partial charge in [0.1, 0.15) is 0 Å². The summed E-state index contributed by atoms with van der Waals surface area (Å²) in [6.07, 6.45) is 11.4. The predicted molar refractivity (Wildman–Crippen MR) is 54.7 cm³/mol. The summed E-state index contributed by atoms with van der Waals surface area (Å²) in [5, 5.41) is 0. The Morgan fingerprint density at radius 2 is 2.00 bits per heavy atom. The topological polar surface area (TPSA) is 0 Å². The lowest BCUT2D eigenvalue weighted by Crippen LogP contribution is -1.85. The zero-order valence-electron chi connectivity index (χ0n) is 6.88. The van der Waals surface area contributed by atoms with Crippen molar-refractivity contribution in [3.8, 4) is 0 Å². The Kier molecular flexibility index (Phi) is 10.8. The SMILES string of the molecule is C.C=CC(C=C/C=C\C)CC. The van der Waals surface area contributed by atoms with Crippen molar-refractivity contribution in [2.45, 2.75) is 27.7 Å². The molecular formula is C11H20. The van der Waals surface area contributed by atoms with Crippen molar-refractivity contribution in [2.75, 3.05) is 0 Å². The Morgan fingerprint density at radius 1 is 1.36 bits per heavy atom. The van der Waals surface area contributed by atoms with Crippen molar-refractivity contribution in [3.63, 3.8) is 0 Å². The van der Waals surface area contributed by atoms with Gasteiger partial charge >= 0.3 is 0 Å². The van der Waals surface area contributed by atoms with Crippen molar-refractivity contribution in [3.05, 3.63) is 37.0 Å². The van der Waals surface area contributed by atoms with E-state index < -0.39 is 0 Å². The quantitative estimate of drug-likeness (QED) is 0.422. The molecule has 0 aliphatic heterocycles. The van der Waals surface area contributed by atoms with E-state index >= 15 is 0 Å². The molecule has 0 bridgehead atoms. The number of hydrogen-bond acceptors (Lipinski definition) is 0. The molecule has 0 aromatic heterocycles. The van der Waals surface area contributed by atoms with Gasteiger partial charge in [-0.25, -0.2) is 0 Å². The second-order valence-corrected chi connectivity index (χ2v) is 2.22. The number of hydrogen-bond donors (Lipinski definition) is 0. The summed E-state index contributed by atoms with van der Waals surface area (Å²) in [5.41, 5.74) is 0. The van der Waals surface area contributed by atoms with Gasteiger partial charge in [0.15, 0.2) is 0 Å². The lowest BCUT2D eigenvalue weighted by atomic mass is 10.1. The molecule has 0 aromatic rings. The Morgan fingerprint density at radius 3 is 2.36 bits per heavy atom. The van der Waals surface area contributed by atoms with Crippen LogP contribution >= 0.6 is 0 Å². The molecule has 1 atom stereocenters. The number of allylic oxidation sites excluding steroid dienone is 5. The van der Waals surface area contributed by atoms with Gasteiger partial charge in [0.25, 0.3) is 0 Å². The van der Waals surface area contributed by atoms with Crippen LogP contribution in [-0.4, -0.2) is 0 Å². The minimum atomic E-state index is 0. The molecule has 1 unspecified atom stereocenters. The Balaban J connectivity index is 0. The third-order valence-electron chi connectivity index (χ3n) is 1.44. The first-order chi connectivity index (χ1) is 4.85. The van der Waals surface area contributed by atoms with Crippen LogP contribution in [0.1, 0.15) is 27.7 Å². The van der Waals surface area contributed by atoms with Gasteiger partial charge in [0.2, 0.25) is 0 Å². The summed E-state index contributed by atoms with van der Waals surface area (Å²) in [7, 11) is 0. The van der Waals surface area contributed by atoms with E-state index in [1.807, 2.05) is 25.2 Å². The summed E-state index contributed by atoms with van der Waals surface area (Å²) in [4.78, 5) is 0. The molecule has 11 heavy (non-hydrogen) atoms. The maximum Gasteiger partial charge on any atom is -0.00557 e. The van der Waals surface area contributed by atoms with Gasteiger partial charge in [0.05, 0.1) is 0 Å². The second kappa shape index (κ2) is 9.22. The first-order valence-corrected chi connectivity index (χ1v) is 3.77. The van der Waals surface area contributed by atoms with Gasteiger partial charge in [-0.1, -0.05) is 44.7 Å². The number of rotatable bonds is 4. The minimum Gasteiger partial charge on any atom is -0.102 e. The zero-order valence-corrected chi connectivity index (χ0v) is 6.88. The highest BCUT2D eigenvalue weighted by atomic mass is 14.0. The molecule has 0 aliphatic carbocycles. The first-order valence-electron chi connectivity index (χ1n) is 3.77. The molecule has 0 heteroatoms. The van der Waals surface area contributed by atoms with Crippen LogP contribution in [0, 0.1) is 5.92 Å². The van der Waals surface area contributed by atoms with Crippen molar-refractivity contribution in [2.24, 2.45) is 5.92 Å². The van der Waals surface area contributed by atoms with Gasteiger partial charge in [-0.15, -0.1) is 6.58 Å². The third kappa shape index (κ3) is 7.11. The van der Waals surface area contributed by atoms with Crippen LogP contribution in [-0.2, 0) is 0 Å². The van der Waals surface area contributed by atoms with E-state index in [0.717, 1.165) is 6.42 Å². The maximum absolute atomic E-state index is 3.74. The van der Waals surface area contributed by atoms with E-state index in [2.05, 4.69) is 25.7 Å². The molecule has 0 N–H and O–H groups in total. The maximum atomic E-state index is 3.74. The highest BCUT2D eigenvalue weighted by Crippen LogP contribution is 2.04. The van der Waals surface area contributed by atoms with E-state index in [-0.39, 0.29) is 7.43 Å². The van der Waals surface area contributed by atoms with Crippen LogP contribution in [0.4, 0.5) is 0 Å². The molecule has 0 saturated carbocycles. The van der Waals surface area contributed by atoms with Crippen molar-refractivity contribution in [1.82, 2.24) is 0 Å². The van der Waals surface area contributed by atoms with Crippen molar-refractivity contribution < 1.29 is 0 Å². The highest BCUT2D eigenvalue weighted by molar-refractivity contribution is 5.06. The standard InChI is InChI=1S/C10H16.CH4/c1-4-7-8-9-10(5-2)6-3;/h4-5,7-10H,2,6H2,1,3H3;1H4/b7-4-,9-8?;. The van der Waals surface area contributed by atoms with Crippen LogP contribution in [0.15, 0.2) is 37.0 Å². The van der Waals surface area contributed by atoms with Crippen molar-refractivity contribution >= 4 is 0 Å². The average molecular weight is 152 g/mol. The van der Waals surface area contributed by atoms with Crippen LogP contribution < -0.4 is 0 Å². The van der Waals surface area contributed by atoms with Crippen LogP contribution in [0.3, 0.4) is 0 Å². The van der Waals surface area contributed by atoms with Gasteiger partial charge in [-0.05, 0) is 19.3 Å². The lowest BCUT2D eigenvalue weighted by Gasteiger charge is -1.98. The van der Waals surface area contributed by atoms with Gasteiger partial charge in [-0.2, -0.15) is 0 Å². The Bertz CT molecular complexity index is 129. The van der Waals surface area contributed by atoms with Gasteiger partial charge in [0, 0.05) is 0 Å². The smallest absolute Gasteiger partial charge is 0.00557 e. The van der Waals surface area contributed by atoms with Crippen LogP contribution in [0.2, 0.25) is 0 Å². The van der Waals surface area contributed by atoms with E-state index in [9.17, 15) is 0 Å². The summed E-state index contributed by atoms with van der Waals surface area (Å²) in [6, 6.07) is 0. The molecular weight excluding hydrogens is 132 g/mol. The lowest BCUT2D eigenvalue weighted by molar-refractivity contribution is 0.776. The molecule has 0 nitrogen and oxygen atoms in total. The fraction of sp³-hybridized carbons (Fsp3) is 0.455. The fourth-order valence-electron chi connectivity index (χ4n) is 0.699. The van der Waals surface area contributed by atoms with Crippen LogP contribution in [0.5, 0.6) is 0 Å². The monoisotopic (exact) mass is 152 g/mol. The largest absolute Gasteiger partial charge is 0.102 e. The molecule has 0 spiro atoms. The fourth-order valence-corrected chi connectivity index (χ4v) is 0.699. The minimum absolute atomic E-state index is 0. The molecule has 0 fully saturated rings. The molecule has 0 amide bonds. The molecule has 0 saturated heterocycles. The molecule has 64 valence electrons. The van der Waals surface area contributed by atoms with E-state index in [4.69, 9.17) is 0 Å². The van der Waals surface area contributed by atoms with E-state index in [0.29, 0.717) is 5.92 Å². The second-order valence-electron chi connectivity index (χ2n) is 2.22. The Labute approximate surface area is 71.3 Å². The van der Waals surface area contributed by atoms with Crippen molar-refractivity contribution in [1.29, 1.82) is 0 Å². The third-order valence-corrected chi connectivity index (χ3v) is 1.44. The molecule has 0 radical (unpaired) electrons. The Hall–Kier alpha value is -0.780. The average Bonchev–Trinajstić information content (AvgIpc) is 1.99. The zero-order chi connectivity index (χ0) is 7.82. The van der Waals surface area contributed by atoms with Crippen LogP contribution in [0.25, 0.3) is 0 Å². The summed E-state index contributed by atoms with van der Waals surface area (Å²) < 4.78 is 0. The highest BCUT2D eigenvalue weighted by Gasteiger charge is 1.90. The summed E-state index contributed by atoms with van der Waals surface area (Å²) in [6.45, 7) is 7.91. The van der Waals surface area contributed by atoms with E-state index in [1.165, 1.54) is 0 Å². The molecule has 0 heterocycles. The molecule has 0 aromatic carbocycles. The summed E-state index contributed by atoms with van der Waals surface area (Å²) in [5.74, 6) is 0.538. The predicted octanol–water partition coefficient (Wildman–Crippen LogP) is 3.97. The van der Waals surface area contributed by atoms with Gasteiger partial charge in [-0.3, -0.25) is 0 Å². The first kappa shape index (κ1) is 12.9. The molecule has 0 rings (SSSR count). The molecule has 0 aliphatic rings. The summed E-state index contributed by atoms with van der Waals surface area (Å²) >= 11 is 0. The van der Waals surface area contributed by atoms with Gasteiger partial charge < -0.3 is 0 Å².